The third kappa shape index (κ3) is 5.02. The van der Waals surface area contributed by atoms with Gasteiger partial charge in [-0.25, -0.2) is 0 Å². The molecule has 0 fully saturated rings. The topological polar surface area (TPSA) is 89.9 Å². The lowest BCUT2D eigenvalue weighted by Crippen LogP contribution is -2.43. The van der Waals surface area contributed by atoms with Crippen molar-refractivity contribution in [3.05, 3.63) is 95.6 Å². The van der Waals surface area contributed by atoms with Crippen molar-refractivity contribution in [3.63, 3.8) is 0 Å². The quantitative estimate of drug-likeness (QED) is 0.419. The van der Waals surface area contributed by atoms with Crippen LogP contribution in [0.1, 0.15) is 34.5 Å². The summed E-state index contributed by atoms with van der Waals surface area (Å²) in [6, 6.07) is 20.6. The normalized spacial score (nSPS) is 14.5. The summed E-state index contributed by atoms with van der Waals surface area (Å²) in [5.41, 5.74) is -0.738. The Kier molecular flexibility index (Phi) is 6.59. The summed E-state index contributed by atoms with van der Waals surface area (Å²) < 4.78 is 36.6. The second kappa shape index (κ2) is 9.01. The number of aliphatic hydroxyl groups is 1. The predicted octanol–water partition coefficient (Wildman–Crippen LogP) is 4.08. The average Bonchev–Trinajstić information content (AvgIpc) is 2.78. The van der Waals surface area contributed by atoms with E-state index in [0.29, 0.717) is 11.3 Å². The van der Waals surface area contributed by atoms with E-state index in [4.69, 9.17) is 8.92 Å². The van der Waals surface area contributed by atoms with Crippen LogP contribution >= 0.6 is 0 Å². The molecule has 162 valence electrons. The number of hydrogen-bond acceptors (Lipinski definition) is 6. The Morgan fingerprint density at radius 1 is 0.935 bits per heavy atom. The highest BCUT2D eigenvalue weighted by Gasteiger charge is 2.44. The second-order valence-corrected chi connectivity index (χ2v) is 8.93. The summed E-state index contributed by atoms with van der Waals surface area (Å²) in [7, 11) is -2.78. The first-order valence-corrected chi connectivity index (χ1v) is 11.0. The third-order valence-electron chi connectivity index (χ3n) is 4.96. The van der Waals surface area contributed by atoms with E-state index in [2.05, 4.69) is 0 Å². The van der Waals surface area contributed by atoms with Gasteiger partial charge in [0, 0.05) is 5.56 Å². The molecule has 2 atom stereocenters. The molecule has 2 unspecified atom stereocenters. The molecule has 3 aromatic rings. The highest BCUT2D eigenvalue weighted by molar-refractivity contribution is 7.86. The molecule has 3 rings (SSSR count). The fourth-order valence-corrected chi connectivity index (χ4v) is 4.27. The van der Waals surface area contributed by atoms with Crippen LogP contribution in [0.4, 0.5) is 0 Å². The van der Waals surface area contributed by atoms with Gasteiger partial charge < -0.3 is 9.84 Å². The Balaban J connectivity index is 2.05. The van der Waals surface area contributed by atoms with Gasteiger partial charge in [-0.15, -0.1) is 0 Å². The van der Waals surface area contributed by atoms with Crippen LogP contribution in [-0.2, 0) is 14.3 Å². The zero-order valence-corrected chi connectivity index (χ0v) is 18.3. The van der Waals surface area contributed by atoms with Gasteiger partial charge in [-0.2, -0.15) is 8.42 Å². The summed E-state index contributed by atoms with van der Waals surface area (Å²) in [6.07, 6.45) is -1.49. The standard InChI is InChI=1S/C24H24O6S/c1-17-9-15-21(16-10-17)31(27,28)30-23(19-11-13-20(29-3)14-12-19)24(2,26)22(25)18-7-5-4-6-8-18/h4-16,23,26H,1-3H3. The van der Waals surface area contributed by atoms with Gasteiger partial charge in [0.05, 0.1) is 12.0 Å². The lowest BCUT2D eigenvalue weighted by molar-refractivity contribution is -0.0268. The van der Waals surface area contributed by atoms with Crippen LogP contribution in [-0.4, -0.2) is 32.0 Å². The van der Waals surface area contributed by atoms with Crippen LogP contribution in [0.15, 0.2) is 83.8 Å². The molecule has 0 aromatic heterocycles. The van der Waals surface area contributed by atoms with E-state index in [0.717, 1.165) is 5.56 Å². The number of methoxy groups -OCH3 is 1. The van der Waals surface area contributed by atoms with Gasteiger partial charge in [0.25, 0.3) is 10.1 Å². The van der Waals surface area contributed by atoms with Crippen LogP contribution in [0.2, 0.25) is 0 Å². The van der Waals surface area contributed by atoms with Gasteiger partial charge in [-0.3, -0.25) is 8.98 Å². The SMILES string of the molecule is COc1ccc(C(OS(=O)(=O)c2ccc(C)cc2)C(C)(O)C(=O)c2ccccc2)cc1. The molecule has 3 aromatic carbocycles. The van der Waals surface area contributed by atoms with Crippen LogP contribution in [0.3, 0.4) is 0 Å². The van der Waals surface area contributed by atoms with E-state index in [-0.39, 0.29) is 10.5 Å². The highest BCUT2D eigenvalue weighted by atomic mass is 32.2. The van der Waals surface area contributed by atoms with Crippen LogP contribution in [0.5, 0.6) is 5.75 Å². The predicted molar refractivity (Wildman–Crippen MR) is 117 cm³/mol. The van der Waals surface area contributed by atoms with Crippen molar-refractivity contribution < 1.29 is 27.2 Å². The monoisotopic (exact) mass is 440 g/mol. The van der Waals surface area contributed by atoms with Crippen molar-refractivity contribution in [2.45, 2.75) is 30.4 Å². The Bertz CT molecular complexity index is 1130. The van der Waals surface area contributed by atoms with Gasteiger partial charge in [-0.05, 0) is 43.7 Å². The van der Waals surface area contributed by atoms with E-state index in [1.54, 1.807) is 66.7 Å². The van der Waals surface area contributed by atoms with Gasteiger partial charge in [-0.1, -0.05) is 60.2 Å². The molecule has 0 radical (unpaired) electrons. The van der Waals surface area contributed by atoms with Crippen molar-refractivity contribution in [2.24, 2.45) is 0 Å². The summed E-state index contributed by atoms with van der Waals surface area (Å²) in [5, 5.41) is 11.3. The number of ether oxygens (including phenoxy) is 1. The lowest BCUT2D eigenvalue weighted by atomic mass is 9.86. The molecule has 1 N–H and O–H groups in total. The Morgan fingerprint density at radius 3 is 2.06 bits per heavy atom. The third-order valence-corrected chi connectivity index (χ3v) is 6.25. The van der Waals surface area contributed by atoms with E-state index >= 15 is 0 Å². The van der Waals surface area contributed by atoms with Crippen molar-refractivity contribution in [1.82, 2.24) is 0 Å². The summed E-state index contributed by atoms with van der Waals surface area (Å²) in [4.78, 5) is 13.1. The molecule has 0 aliphatic heterocycles. The Hall–Kier alpha value is -3.00. The average molecular weight is 441 g/mol. The number of carbonyl (C=O) groups excluding carboxylic acids is 1. The number of carbonyl (C=O) groups is 1. The van der Waals surface area contributed by atoms with Gasteiger partial charge in [0.2, 0.25) is 0 Å². The van der Waals surface area contributed by atoms with Crippen LogP contribution < -0.4 is 4.74 Å². The summed E-state index contributed by atoms with van der Waals surface area (Å²) in [5.74, 6) is -0.119. The molecule has 0 aliphatic rings. The van der Waals surface area contributed by atoms with Crippen LogP contribution in [0, 0.1) is 6.92 Å². The molecule has 0 amide bonds. The minimum atomic E-state index is -4.28. The van der Waals surface area contributed by atoms with Crippen LogP contribution in [0.25, 0.3) is 0 Å². The first-order chi connectivity index (χ1) is 14.6. The smallest absolute Gasteiger partial charge is 0.297 e. The number of hydrogen-bond donors (Lipinski definition) is 1. The maximum atomic E-state index is 13.1. The summed E-state index contributed by atoms with van der Waals surface area (Å²) in [6.45, 7) is 3.09. The molecule has 7 heteroatoms. The fourth-order valence-electron chi connectivity index (χ4n) is 3.14. The molecule has 6 nitrogen and oxygen atoms in total. The number of benzene rings is 3. The lowest BCUT2D eigenvalue weighted by Gasteiger charge is -2.31. The Labute approximate surface area is 182 Å². The van der Waals surface area contributed by atoms with Crippen molar-refractivity contribution >= 4 is 15.9 Å². The maximum Gasteiger partial charge on any atom is 0.297 e. The largest absolute Gasteiger partial charge is 0.497 e. The maximum absolute atomic E-state index is 13.1. The first-order valence-electron chi connectivity index (χ1n) is 9.61. The molecular formula is C24H24O6S. The number of Topliss-reactive ketones (excluding diaryl/α,β-unsaturated/α-hetero) is 1. The highest BCUT2D eigenvalue weighted by Crippen LogP contribution is 2.36. The second-order valence-electron chi connectivity index (χ2n) is 7.36. The molecule has 0 bridgehead atoms. The zero-order valence-electron chi connectivity index (χ0n) is 17.5. The van der Waals surface area contributed by atoms with E-state index in [9.17, 15) is 18.3 Å². The van der Waals surface area contributed by atoms with Crippen molar-refractivity contribution in [2.75, 3.05) is 7.11 Å². The molecular weight excluding hydrogens is 416 g/mol. The zero-order chi connectivity index (χ0) is 22.6. The van der Waals surface area contributed by atoms with Gasteiger partial charge >= 0.3 is 0 Å². The fraction of sp³-hybridized carbons (Fsp3) is 0.208. The first kappa shape index (κ1) is 22.7. The molecule has 0 heterocycles. The number of aryl methyl sites for hydroxylation is 1. The summed E-state index contributed by atoms with van der Waals surface area (Å²) >= 11 is 0. The minimum Gasteiger partial charge on any atom is -0.497 e. The number of rotatable bonds is 8. The molecule has 0 saturated carbocycles. The van der Waals surface area contributed by atoms with E-state index < -0.39 is 27.6 Å². The molecule has 0 saturated heterocycles. The molecule has 0 aliphatic carbocycles. The van der Waals surface area contributed by atoms with E-state index in [1.807, 2.05) is 6.92 Å². The molecule has 0 spiro atoms. The van der Waals surface area contributed by atoms with Gasteiger partial charge in [0.1, 0.15) is 11.9 Å². The van der Waals surface area contributed by atoms with E-state index in [1.165, 1.54) is 26.2 Å². The Morgan fingerprint density at radius 2 is 1.52 bits per heavy atom. The minimum absolute atomic E-state index is 0.0698. The van der Waals surface area contributed by atoms with Crippen molar-refractivity contribution in [3.8, 4) is 5.75 Å². The van der Waals surface area contributed by atoms with Gasteiger partial charge in [0.15, 0.2) is 11.4 Å². The van der Waals surface area contributed by atoms with Crippen molar-refractivity contribution in [1.29, 1.82) is 0 Å². The molecule has 31 heavy (non-hydrogen) atoms. The number of ketones is 1.